The van der Waals surface area contributed by atoms with Crippen molar-refractivity contribution in [2.24, 2.45) is 0 Å². The van der Waals surface area contributed by atoms with Crippen molar-refractivity contribution in [1.82, 2.24) is 9.55 Å². The maximum absolute atomic E-state index is 12.6. The van der Waals surface area contributed by atoms with Crippen LogP contribution in [0.5, 0.6) is 5.75 Å². The van der Waals surface area contributed by atoms with Crippen LogP contribution in [0.4, 0.5) is 11.5 Å². The highest BCUT2D eigenvalue weighted by molar-refractivity contribution is 5.72. The lowest BCUT2D eigenvalue weighted by Crippen LogP contribution is -2.28. The van der Waals surface area contributed by atoms with Crippen molar-refractivity contribution >= 4 is 11.5 Å². The summed E-state index contributed by atoms with van der Waals surface area (Å²) >= 11 is 0. The Morgan fingerprint density at radius 3 is 2.62 bits per heavy atom. The summed E-state index contributed by atoms with van der Waals surface area (Å²) in [7, 11) is 1.67. The standard InChI is InChI=1S/C21H21N3O2/c1-13-5-4-6-14(2)20(13)22-19-12-18-17-8-7-16(26-3)11-15(17)9-10-24(18)21(25)23-19/h4-8,11-12H,9-10H2,1-3H3,(H,22,23,25). The zero-order valence-corrected chi connectivity index (χ0v) is 15.2. The van der Waals surface area contributed by atoms with Gasteiger partial charge in [-0.05, 0) is 55.2 Å². The lowest BCUT2D eigenvalue weighted by molar-refractivity contribution is 0.414. The van der Waals surface area contributed by atoms with Crippen molar-refractivity contribution in [2.45, 2.75) is 26.8 Å². The van der Waals surface area contributed by atoms with Crippen molar-refractivity contribution in [1.29, 1.82) is 0 Å². The zero-order valence-electron chi connectivity index (χ0n) is 15.2. The Hall–Kier alpha value is -3.08. The van der Waals surface area contributed by atoms with Gasteiger partial charge in [0.2, 0.25) is 0 Å². The highest BCUT2D eigenvalue weighted by atomic mass is 16.5. The van der Waals surface area contributed by atoms with E-state index in [9.17, 15) is 4.79 Å². The van der Waals surface area contributed by atoms with Crippen LogP contribution in [0.25, 0.3) is 11.3 Å². The maximum atomic E-state index is 12.6. The van der Waals surface area contributed by atoms with E-state index in [2.05, 4.69) is 10.3 Å². The van der Waals surface area contributed by atoms with Crippen LogP contribution >= 0.6 is 0 Å². The largest absolute Gasteiger partial charge is 0.497 e. The van der Waals surface area contributed by atoms with E-state index in [0.717, 1.165) is 40.2 Å². The van der Waals surface area contributed by atoms with Crippen molar-refractivity contribution in [2.75, 3.05) is 12.4 Å². The molecule has 0 radical (unpaired) electrons. The van der Waals surface area contributed by atoms with Crippen molar-refractivity contribution < 1.29 is 4.74 Å². The molecule has 1 aliphatic heterocycles. The average molecular weight is 347 g/mol. The van der Waals surface area contributed by atoms with Gasteiger partial charge in [-0.2, -0.15) is 4.98 Å². The summed E-state index contributed by atoms with van der Waals surface area (Å²) < 4.78 is 7.07. The Labute approximate surface area is 152 Å². The van der Waals surface area contributed by atoms with Gasteiger partial charge in [0.1, 0.15) is 11.6 Å². The van der Waals surface area contributed by atoms with Gasteiger partial charge in [-0.1, -0.05) is 18.2 Å². The Bertz CT molecular complexity index is 1030. The highest BCUT2D eigenvalue weighted by Gasteiger charge is 2.19. The number of hydrogen-bond acceptors (Lipinski definition) is 4. The summed E-state index contributed by atoms with van der Waals surface area (Å²) in [6.45, 7) is 4.72. The van der Waals surface area contributed by atoms with E-state index in [1.165, 1.54) is 5.56 Å². The number of aromatic nitrogens is 2. The lowest BCUT2D eigenvalue weighted by Gasteiger charge is -2.22. The highest BCUT2D eigenvalue weighted by Crippen LogP contribution is 2.32. The molecule has 4 rings (SSSR count). The first-order valence-electron chi connectivity index (χ1n) is 8.69. The number of hydrogen-bond donors (Lipinski definition) is 1. The summed E-state index contributed by atoms with van der Waals surface area (Å²) in [5.41, 5.74) is 6.15. The number of benzene rings is 2. The van der Waals surface area contributed by atoms with Gasteiger partial charge in [0.05, 0.1) is 12.8 Å². The average Bonchev–Trinajstić information content (AvgIpc) is 2.64. The molecule has 0 saturated carbocycles. The molecule has 0 fully saturated rings. The maximum Gasteiger partial charge on any atom is 0.350 e. The fourth-order valence-electron chi connectivity index (χ4n) is 3.54. The lowest BCUT2D eigenvalue weighted by atomic mass is 9.97. The predicted octanol–water partition coefficient (Wildman–Crippen LogP) is 3.84. The zero-order chi connectivity index (χ0) is 18.3. The summed E-state index contributed by atoms with van der Waals surface area (Å²) in [6, 6.07) is 14.1. The van der Waals surface area contributed by atoms with Gasteiger partial charge >= 0.3 is 5.69 Å². The number of methoxy groups -OCH3 is 1. The van der Waals surface area contributed by atoms with Crippen molar-refractivity contribution in [3.63, 3.8) is 0 Å². The van der Waals surface area contributed by atoms with E-state index in [-0.39, 0.29) is 5.69 Å². The minimum Gasteiger partial charge on any atom is -0.497 e. The smallest absolute Gasteiger partial charge is 0.350 e. The number of nitrogens with one attached hydrogen (secondary N) is 1. The Morgan fingerprint density at radius 2 is 1.88 bits per heavy atom. The minimum absolute atomic E-state index is 0.224. The van der Waals surface area contributed by atoms with Crippen LogP contribution in [0, 0.1) is 13.8 Å². The topological polar surface area (TPSA) is 56.1 Å². The van der Waals surface area contributed by atoms with E-state index in [4.69, 9.17) is 4.74 Å². The molecule has 2 heterocycles. The van der Waals surface area contributed by atoms with Crippen LogP contribution < -0.4 is 15.7 Å². The molecule has 0 bridgehead atoms. The number of aryl methyl sites for hydroxylation is 3. The SMILES string of the molecule is COc1ccc2c(c1)CCn1c-2cc(Nc2c(C)cccc2C)nc1=O. The predicted molar refractivity (Wildman–Crippen MR) is 103 cm³/mol. The number of fused-ring (bicyclic) bond motifs is 3. The molecular formula is C21H21N3O2. The quantitative estimate of drug-likeness (QED) is 0.782. The van der Waals surface area contributed by atoms with E-state index < -0.39 is 0 Å². The molecule has 0 amide bonds. The molecule has 0 atom stereocenters. The second-order valence-electron chi connectivity index (χ2n) is 6.63. The van der Waals surface area contributed by atoms with Gasteiger partial charge in [0.25, 0.3) is 0 Å². The summed E-state index contributed by atoms with van der Waals surface area (Å²) in [5.74, 6) is 1.41. The molecule has 0 aliphatic carbocycles. The molecule has 1 N–H and O–H groups in total. The molecule has 5 nitrogen and oxygen atoms in total. The molecule has 132 valence electrons. The van der Waals surface area contributed by atoms with Gasteiger partial charge < -0.3 is 10.1 Å². The molecule has 2 aromatic carbocycles. The van der Waals surface area contributed by atoms with Gasteiger partial charge in [0, 0.05) is 23.9 Å². The van der Waals surface area contributed by atoms with Gasteiger partial charge in [-0.15, -0.1) is 0 Å². The normalized spacial score (nSPS) is 12.3. The third kappa shape index (κ3) is 2.75. The fourth-order valence-corrected chi connectivity index (χ4v) is 3.54. The number of rotatable bonds is 3. The van der Waals surface area contributed by atoms with E-state index in [1.54, 1.807) is 11.7 Å². The third-order valence-corrected chi connectivity index (χ3v) is 4.94. The molecule has 5 heteroatoms. The molecule has 3 aromatic rings. The van der Waals surface area contributed by atoms with Gasteiger partial charge in [-0.25, -0.2) is 4.79 Å². The van der Waals surface area contributed by atoms with E-state index in [0.29, 0.717) is 12.4 Å². The van der Waals surface area contributed by atoms with Crippen molar-refractivity contribution in [3.8, 4) is 17.0 Å². The van der Waals surface area contributed by atoms with Crippen molar-refractivity contribution in [3.05, 3.63) is 69.6 Å². The van der Waals surface area contributed by atoms with Crippen LogP contribution in [0.2, 0.25) is 0 Å². The molecule has 0 spiro atoms. The van der Waals surface area contributed by atoms with Crippen LogP contribution in [0.1, 0.15) is 16.7 Å². The van der Waals surface area contributed by atoms with Crippen LogP contribution in [0.15, 0.2) is 47.3 Å². The van der Waals surface area contributed by atoms with Gasteiger partial charge in [0.15, 0.2) is 0 Å². The monoisotopic (exact) mass is 347 g/mol. The van der Waals surface area contributed by atoms with Crippen LogP contribution in [0.3, 0.4) is 0 Å². The molecular weight excluding hydrogens is 326 g/mol. The first kappa shape index (κ1) is 16.4. The molecule has 0 saturated heterocycles. The second kappa shape index (κ2) is 6.33. The van der Waals surface area contributed by atoms with E-state index in [1.807, 2.05) is 56.3 Å². The Balaban J connectivity index is 1.81. The minimum atomic E-state index is -0.224. The molecule has 26 heavy (non-hydrogen) atoms. The molecule has 1 aromatic heterocycles. The summed E-state index contributed by atoms with van der Waals surface area (Å²) in [6.07, 6.45) is 0.796. The Morgan fingerprint density at radius 1 is 1.12 bits per heavy atom. The first-order valence-corrected chi connectivity index (χ1v) is 8.69. The Kier molecular flexibility index (Phi) is 3.99. The third-order valence-electron chi connectivity index (χ3n) is 4.94. The van der Waals surface area contributed by atoms with Crippen LogP contribution in [-0.2, 0) is 13.0 Å². The number of para-hydroxylation sites is 1. The summed E-state index contributed by atoms with van der Waals surface area (Å²) in [4.78, 5) is 16.8. The summed E-state index contributed by atoms with van der Waals surface area (Å²) in [5, 5.41) is 3.34. The number of anilines is 2. The molecule has 0 unspecified atom stereocenters. The number of ether oxygens (including phenoxy) is 1. The van der Waals surface area contributed by atoms with E-state index >= 15 is 0 Å². The fraction of sp³-hybridized carbons (Fsp3) is 0.238. The van der Waals surface area contributed by atoms with Gasteiger partial charge in [-0.3, -0.25) is 4.57 Å². The molecule has 1 aliphatic rings. The first-order chi connectivity index (χ1) is 12.6. The number of nitrogens with zero attached hydrogens (tertiary/aromatic N) is 2. The van der Waals surface area contributed by atoms with Crippen LogP contribution in [-0.4, -0.2) is 16.7 Å². The second-order valence-corrected chi connectivity index (χ2v) is 6.63.